The Morgan fingerprint density at radius 1 is 1.25 bits per heavy atom. The number of esters is 1. The molecule has 8 nitrogen and oxygen atoms in total. The molecule has 3 rings (SSSR count). The van der Waals surface area contributed by atoms with Crippen molar-refractivity contribution in [2.45, 2.75) is 33.3 Å². The van der Waals surface area contributed by atoms with Crippen LogP contribution in [0.2, 0.25) is 0 Å². The van der Waals surface area contributed by atoms with Crippen LogP contribution in [0.4, 0.5) is 5.69 Å². The van der Waals surface area contributed by atoms with Crippen molar-refractivity contribution in [3.8, 4) is 11.5 Å². The van der Waals surface area contributed by atoms with Gasteiger partial charge in [0.05, 0.1) is 19.3 Å². The molecule has 150 valence electrons. The number of aryl methyl sites for hydroxylation is 1. The number of aromatic nitrogens is 1. The minimum absolute atomic E-state index is 0.233. The molecule has 1 aliphatic heterocycles. The summed E-state index contributed by atoms with van der Waals surface area (Å²) in [6, 6.07) is 5.10. The zero-order valence-electron chi connectivity index (χ0n) is 16.1. The van der Waals surface area contributed by atoms with Crippen LogP contribution < -0.4 is 14.8 Å². The third kappa shape index (κ3) is 4.28. The van der Waals surface area contributed by atoms with E-state index in [0.717, 1.165) is 6.42 Å². The maximum atomic E-state index is 12.3. The highest BCUT2D eigenvalue weighted by atomic mass is 16.5. The molecule has 0 aliphatic carbocycles. The van der Waals surface area contributed by atoms with Crippen molar-refractivity contribution in [1.82, 2.24) is 4.98 Å². The van der Waals surface area contributed by atoms with E-state index in [2.05, 4.69) is 10.3 Å². The number of carbonyl (C=O) groups is 2. The Morgan fingerprint density at radius 2 is 1.96 bits per heavy atom. The van der Waals surface area contributed by atoms with Crippen molar-refractivity contribution in [3.63, 3.8) is 0 Å². The fourth-order valence-corrected chi connectivity index (χ4v) is 3.24. The van der Waals surface area contributed by atoms with E-state index < -0.39 is 24.6 Å². The number of aliphatic hydroxyl groups excluding tert-OH is 1. The van der Waals surface area contributed by atoms with Gasteiger partial charge < -0.3 is 29.6 Å². The van der Waals surface area contributed by atoms with Gasteiger partial charge in [-0.3, -0.25) is 4.79 Å². The predicted molar refractivity (Wildman–Crippen MR) is 102 cm³/mol. The first kappa shape index (κ1) is 19.8. The van der Waals surface area contributed by atoms with Crippen LogP contribution in [0.3, 0.4) is 0 Å². The molecule has 0 radical (unpaired) electrons. The van der Waals surface area contributed by atoms with E-state index >= 15 is 0 Å². The van der Waals surface area contributed by atoms with Gasteiger partial charge in [-0.1, -0.05) is 0 Å². The lowest BCUT2D eigenvalue weighted by atomic mass is 10.1. The van der Waals surface area contributed by atoms with Gasteiger partial charge in [-0.25, -0.2) is 4.79 Å². The average Bonchev–Trinajstić information content (AvgIpc) is 2.81. The van der Waals surface area contributed by atoms with Gasteiger partial charge in [0, 0.05) is 29.4 Å². The number of amides is 1. The highest BCUT2D eigenvalue weighted by molar-refractivity contribution is 5.95. The van der Waals surface area contributed by atoms with Gasteiger partial charge in [0.25, 0.3) is 5.91 Å². The van der Waals surface area contributed by atoms with Crippen LogP contribution in [0.25, 0.3) is 0 Å². The molecule has 0 fully saturated rings. The number of fused-ring (bicyclic) bond motifs is 1. The summed E-state index contributed by atoms with van der Waals surface area (Å²) in [5.74, 6) is 0.0738. The van der Waals surface area contributed by atoms with Crippen LogP contribution in [0.15, 0.2) is 18.2 Å². The van der Waals surface area contributed by atoms with E-state index in [9.17, 15) is 14.7 Å². The normalized spacial score (nSPS) is 14.1. The Kier molecular flexibility index (Phi) is 5.89. The second-order valence-corrected chi connectivity index (χ2v) is 6.68. The molecule has 1 amide bonds. The van der Waals surface area contributed by atoms with E-state index in [-0.39, 0.29) is 5.69 Å². The lowest BCUT2D eigenvalue weighted by Gasteiger charge is -2.10. The highest BCUT2D eigenvalue weighted by Crippen LogP contribution is 2.32. The maximum Gasteiger partial charge on any atom is 0.355 e. The number of nitrogens with one attached hydrogen (secondary N) is 2. The largest absolute Gasteiger partial charge is 0.490 e. The molecule has 2 aromatic rings. The molecule has 1 aromatic heterocycles. The molecular weight excluding hydrogens is 364 g/mol. The molecule has 1 atom stereocenters. The van der Waals surface area contributed by atoms with Gasteiger partial charge >= 0.3 is 5.97 Å². The maximum absolute atomic E-state index is 12.3. The van der Waals surface area contributed by atoms with Crippen molar-refractivity contribution < 1.29 is 28.9 Å². The molecule has 2 heterocycles. The first-order valence-electron chi connectivity index (χ1n) is 9.10. The zero-order valence-corrected chi connectivity index (χ0v) is 16.1. The molecule has 1 aliphatic rings. The Labute approximate surface area is 162 Å². The molecule has 0 saturated carbocycles. The van der Waals surface area contributed by atoms with E-state index in [1.54, 1.807) is 39.0 Å². The van der Waals surface area contributed by atoms with Crippen molar-refractivity contribution >= 4 is 17.6 Å². The van der Waals surface area contributed by atoms with Crippen LogP contribution in [-0.2, 0) is 9.53 Å². The Hall–Kier alpha value is -3.00. The number of rotatable bonds is 5. The van der Waals surface area contributed by atoms with E-state index in [1.165, 1.54) is 0 Å². The Morgan fingerprint density at radius 3 is 2.64 bits per heavy atom. The first-order valence-corrected chi connectivity index (χ1v) is 9.10. The van der Waals surface area contributed by atoms with E-state index in [1.807, 2.05) is 0 Å². The summed E-state index contributed by atoms with van der Waals surface area (Å²) in [6.07, 6.45) is 0.0845. The van der Waals surface area contributed by atoms with Crippen LogP contribution in [-0.4, -0.2) is 41.8 Å². The number of anilines is 1. The summed E-state index contributed by atoms with van der Waals surface area (Å²) >= 11 is 0. The lowest BCUT2D eigenvalue weighted by Crippen LogP contribution is -2.21. The summed E-state index contributed by atoms with van der Waals surface area (Å²) in [5.41, 5.74) is 2.71. The number of hydrogen-bond acceptors (Lipinski definition) is 6. The fourth-order valence-electron chi connectivity index (χ4n) is 3.24. The molecule has 0 spiro atoms. The second-order valence-electron chi connectivity index (χ2n) is 6.68. The Bertz CT molecular complexity index is 887. The summed E-state index contributed by atoms with van der Waals surface area (Å²) in [6.45, 7) is 5.81. The Balaban J connectivity index is 1.59. The summed E-state index contributed by atoms with van der Waals surface area (Å²) in [5, 5.41) is 12.5. The quantitative estimate of drug-likeness (QED) is 0.680. The van der Waals surface area contributed by atoms with Crippen LogP contribution in [0, 0.1) is 13.8 Å². The predicted octanol–water partition coefficient (Wildman–Crippen LogP) is 2.64. The monoisotopic (exact) mass is 388 g/mol. The lowest BCUT2D eigenvalue weighted by molar-refractivity contribution is -0.119. The number of aliphatic hydroxyl groups is 1. The van der Waals surface area contributed by atoms with Gasteiger partial charge in [0.1, 0.15) is 5.69 Å². The molecule has 0 saturated heterocycles. The van der Waals surface area contributed by atoms with Crippen molar-refractivity contribution in [2.24, 2.45) is 0 Å². The smallest absolute Gasteiger partial charge is 0.355 e. The highest BCUT2D eigenvalue weighted by Gasteiger charge is 2.21. The van der Waals surface area contributed by atoms with Gasteiger partial charge in [0.2, 0.25) is 0 Å². The number of aromatic amines is 1. The number of H-pyrrole nitrogens is 1. The third-order valence-electron chi connectivity index (χ3n) is 4.48. The van der Waals surface area contributed by atoms with Crippen LogP contribution in [0.5, 0.6) is 11.5 Å². The zero-order chi connectivity index (χ0) is 20.3. The number of ether oxygens (including phenoxy) is 3. The minimum Gasteiger partial charge on any atom is -0.490 e. The third-order valence-corrected chi connectivity index (χ3v) is 4.48. The van der Waals surface area contributed by atoms with Crippen molar-refractivity contribution in [1.29, 1.82) is 0 Å². The molecule has 1 aromatic carbocycles. The second kappa shape index (κ2) is 8.35. The number of hydrogen-bond donors (Lipinski definition) is 3. The van der Waals surface area contributed by atoms with Crippen molar-refractivity contribution in [3.05, 3.63) is 40.7 Å². The summed E-state index contributed by atoms with van der Waals surface area (Å²) < 4.78 is 16.2. The summed E-state index contributed by atoms with van der Waals surface area (Å²) in [7, 11) is 0. The van der Waals surface area contributed by atoms with Crippen molar-refractivity contribution in [2.75, 3.05) is 25.1 Å². The molecule has 0 unspecified atom stereocenters. The van der Waals surface area contributed by atoms with Gasteiger partial charge in [-0.2, -0.15) is 0 Å². The molecule has 28 heavy (non-hydrogen) atoms. The molecule has 8 heteroatoms. The first-order chi connectivity index (χ1) is 13.4. The molecular formula is C20H24N2O6. The standard InChI is InChI=1S/C20H24N2O6/c1-11-18(13(3)23)12(2)21-19(11)20(25)28-10-17(24)22-14-5-6-15-16(9-14)27-8-4-7-26-15/h5-6,9,13,21,23H,4,7-8,10H2,1-3H3,(H,22,24)/t13-/m0/s1. The fraction of sp³-hybridized carbons (Fsp3) is 0.400. The number of carbonyl (C=O) groups excluding carboxylic acids is 2. The SMILES string of the molecule is Cc1[nH]c(C(=O)OCC(=O)Nc2ccc3c(c2)OCCCO3)c(C)c1[C@H](C)O. The van der Waals surface area contributed by atoms with Gasteiger partial charge in [0.15, 0.2) is 18.1 Å². The average molecular weight is 388 g/mol. The topological polar surface area (TPSA) is 110 Å². The van der Waals surface area contributed by atoms with Gasteiger partial charge in [-0.15, -0.1) is 0 Å². The molecule has 0 bridgehead atoms. The molecule has 3 N–H and O–H groups in total. The van der Waals surface area contributed by atoms with E-state index in [0.29, 0.717) is 47.2 Å². The minimum atomic E-state index is -0.708. The van der Waals surface area contributed by atoms with Gasteiger partial charge in [-0.05, 0) is 38.5 Å². The van der Waals surface area contributed by atoms with E-state index in [4.69, 9.17) is 14.2 Å². The summed E-state index contributed by atoms with van der Waals surface area (Å²) in [4.78, 5) is 27.3. The number of benzene rings is 1. The van der Waals surface area contributed by atoms with Crippen LogP contribution >= 0.6 is 0 Å². The van der Waals surface area contributed by atoms with Crippen LogP contribution in [0.1, 0.15) is 46.8 Å².